The molecule has 1 aliphatic rings. The van der Waals surface area contributed by atoms with E-state index in [0.29, 0.717) is 0 Å². The number of hydrogen-bond donors (Lipinski definition) is 1. The van der Waals surface area contributed by atoms with Crippen molar-refractivity contribution in [2.24, 2.45) is 5.73 Å². The SMILES string of the molecule is CS(=O)(=O)Cc1ccc(C2(N)CCCCC2)cc1. The molecule has 0 amide bonds. The molecule has 0 spiro atoms. The highest BCUT2D eigenvalue weighted by Crippen LogP contribution is 2.34. The zero-order chi connectivity index (χ0) is 13.2. The molecule has 2 N–H and O–H groups in total. The van der Waals surface area contributed by atoms with Crippen molar-refractivity contribution in [3.05, 3.63) is 35.4 Å². The van der Waals surface area contributed by atoms with E-state index >= 15 is 0 Å². The first-order valence-electron chi connectivity index (χ1n) is 6.45. The van der Waals surface area contributed by atoms with E-state index in [0.717, 1.165) is 24.0 Å². The summed E-state index contributed by atoms with van der Waals surface area (Å²) in [5, 5.41) is 0. The van der Waals surface area contributed by atoms with E-state index in [1.54, 1.807) is 0 Å². The molecule has 0 aliphatic heterocycles. The summed E-state index contributed by atoms with van der Waals surface area (Å²) >= 11 is 0. The normalized spacial score (nSPS) is 19.7. The van der Waals surface area contributed by atoms with Crippen molar-refractivity contribution in [1.82, 2.24) is 0 Å². The van der Waals surface area contributed by atoms with Gasteiger partial charge in [-0.15, -0.1) is 0 Å². The Kier molecular flexibility index (Phi) is 3.78. The van der Waals surface area contributed by atoms with Gasteiger partial charge in [0.1, 0.15) is 0 Å². The minimum absolute atomic E-state index is 0.102. The van der Waals surface area contributed by atoms with Gasteiger partial charge in [0, 0.05) is 11.8 Å². The Hall–Kier alpha value is -0.870. The minimum atomic E-state index is -2.96. The van der Waals surface area contributed by atoms with E-state index < -0.39 is 9.84 Å². The lowest BCUT2D eigenvalue weighted by molar-refractivity contribution is 0.302. The van der Waals surface area contributed by atoms with Gasteiger partial charge in [0.25, 0.3) is 0 Å². The zero-order valence-electron chi connectivity index (χ0n) is 10.9. The fourth-order valence-corrected chi connectivity index (χ4v) is 3.50. The van der Waals surface area contributed by atoms with E-state index in [1.165, 1.54) is 25.5 Å². The summed E-state index contributed by atoms with van der Waals surface area (Å²) in [5.41, 5.74) is 8.21. The van der Waals surface area contributed by atoms with Gasteiger partial charge in [0.2, 0.25) is 0 Å². The molecule has 0 bridgehead atoms. The van der Waals surface area contributed by atoms with Crippen LogP contribution < -0.4 is 5.73 Å². The van der Waals surface area contributed by atoms with Crippen LogP contribution in [0.2, 0.25) is 0 Å². The summed E-state index contributed by atoms with van der Waals surface area (Å²) in [4.78, 5) is 0. The molecule has 0 radical (unpaired) electrons. The van der Waals surface area contributed by atoms with Crippen LogP contribution in [-0.2, 0) is 21.1 Å². The van der Waals surface area contributed by atoms with E-state index in [2.05, 4.69) is 0 Å². The molecule has 1 fully saturated rings. The first-order valence-corrected chi connectivity index (χ1v) is 8.51. The maximum absolute atomic E-state index is 11.2. The standard InChI is InChI=1S/C14H21NO2S/c1-18(16,17)11-12-5-7-13(8-6-12)14(15)9-3-2-4-10-14/h5-8H,2-4,9-11,15H2,1H3. The first-order chi connectivity index (χ1) is 8.39. The van der Waals surface area contributed by atoms with Gasteiger partial charge < -0.3 is 5.73 Å². The van der Waals surface area contributed by atoms with Crippen LogP contribution in [0.1, 0.15) is 43.2 Å². The zero-order valence-corrected chi connectivity index (χ0v) is 11.7. The third-order valence-electron chi connectivity index (χ3n) is 3.70. The van der Waals surface area contributed by atoms with Crippen LogP contribution in [0.25, 0.3) is 0 Å². The molecule has 2 rings (SSSR count). The third-order valence-corrected chi connectivity index (χ3v) is 4.56. The Bertz CT molecular complexity index is 499. The van der Waals surface area contributed by atoms with Crippen molar-refractivity contribution in [2.75, 3.05) is 6.26 Å². The summed E-state index contributed by atoms with van der Waals surface area (Å²) in [6.45, 7) is 0. The molecule has 1 saturated carbocycles. The van der Waals surface area contributed by atoms with Crippen molar-refractivity contribution in [3.63, 3.8) is 0 Å². The lowest BCUT2D eigenvalue weighted by Crippen LogP contribution is -2.38. The summed E-state index contributed by atoms with van der Waals surface area (Å²) in [7, 11) is -2.96. The second-order valence-corrected chi connectivity index (χ2v) is 7.62. The van der Waals surface area contributed by atoms with E-state index in [-0.39, 0.29) is 11.3 Å². The maximum Gasteiger partial charge on any atom is 0.151 e. The van der Waals surface area contributed by atoms with E-state index in [4.69, 9.17) is 5.73 Å². The average Bonchev–Trinajstić information content (AvgIpc) is 2.28. The monoisotopic (exact) mass is 267 g/mol. The molecular weight excluding hydrogens is 246 g/mol. The van der Waals surface area contributed by atoms with Crippen LogP contribution in [-0.4, -0.2) is 14.7 Å². The van der Waals surface area contributed by atoms with Gasteiger partial charge in [-0.3, -0.25) is 0 Å². The van der Waals surface area contributed by atoms with Crippen LogP contribution in [0.15, 0.2) is 24.3 Å². The van der Waals surface area contributed by atoms with Crippen molar-refractivity contribution in [3.8, 4) is 0 Å². The molecule has 1 aromatic rings. The summed E-state index contributed by atoms with van der Waals surface area (Å²) in [6, 6.07) is 7.76. The summed E-state index contributed by atoms with van der Waals surface area (Å²) in [6.07, 6.45) is 6.94. The van der Waals surface area contributed by atoms with Crippen LogP contribution >= 0.6 is 0 Å². The van der Waals surface area contributed by atoms with Gasteiger partial charge in [-0.1, -0.05) is 43.5 Å². The lowest BCUT2D eigenvalue weighted by Gasteiger charge is -2.34. The smallest absolute Gasteiger partial charge is 0.151 e. The molecule has 1 aromatic carbocycles. The molecule has 1 aliphatic carbocycles. The van der Waals surface area contributed by atoms with Gasteiger partial charge >= 0.3 is 0 Å². The van der Waals surface area contributed by atoms with E-state index in [1.807, 2.05) is 24.3 Å². The number of rotatable bonds is 3. The number of benzene rings is 1. The van der Waals surface area contributed by atoms with Crippen LogP contribution in [0.5, 0.6) is 0 Å². The molecule has 18 heavy (non-hydrogen) atoms. The predicted molar refractivity (Wildman–Crippen MR) is 73.9 cm³/mol. The van der Waals surface area contributed by atoms with Crippen LogP contribution in [0, 0.1) is 0 Å². The highest BCUT2D eigenvalue weighted by Gasteiger charge is 2.29. The third kappa shape index (κ3) is 3.33. The average molecular weight is 267 g/mol. The molecule has 0 atom stereocenters. The van der Waals surface area contributed by atoms with Gasteiger partial charge in [-0.05, 0) is 24.0 Å². The fourth-order valence-electron chi connectivity index (χ4n) is 2.71. The number of nitrogens with two attached hydrogens (primary N) is 1. The van der Waals surface area contributed by atoms with Gasteiger partial charge in [0.15, 0.2) is 9.84 Å². The quantitative estimate of drug-likeness (QED) is 0.914. The second kappa shape index (κ2) is 5.02. The molecule has 0 saturated heterocycles. The largest absolute Gasteiger partial charge is 0.321 e. The molecule has 3 nitrogen and oxygen atoms in total. The Morgan fingerprint density at radius 1 is 1.11 bits per heavy atom. The minimum Gasteiger partial charge on any atom is -0.321 e. The van der Waals surface area contributed by atoms with Crippen LogP contribution in [0.3, 0.4) is 0 Å². The Balaban J connectivity index is 2.16. The summed E-state index contributed by atoms with van der Waals surface area (Å²) in [5.74, 6) is 0.102. The molecule has 0 unspecified atom stereocenters. The van der Waals surface area contributed by atoms with Gasteiger partial charge in [0.05, 0.1) is 5.75 Å². The second-order valence-electron chi connectivity index (χ2n) is 5.48. The molecule has 0 heterocycles. The van der Waals surface area contributed by atoms with Crippen molar-refractivity contribution < 1.29 is 8.42 Å². The lowest BCUT2D eigenvalue weighted by atomic mass is 9.77. The molecular formula is C14H21NO2S. The predicted octanol–water partition coefficient (Wildman–Crippen LogP) is 2.35. The van der Waals surface area contributed by atoms with Crippen molar-refractivity contribution in [1.29, 1.82) is 0 Å². The van der Waals surface area contributed by atoms with Crippen molar-refractivity contribution >= 4 is 9.84 Å². The Morgan fingerprint density at radius 3 is 2.17 bits per heavy atom. The fraction of sp³-hybridized carbons (Fsp3) is 0.571. The highest BCUT2D eigenvalue weighted by molar-refractivity contribution is 7.89. The van der Waals surface area contributed by atoms with Gasteiger partial charge in [-0.2, -0.15) is 0 Å². The molecule has 0 aromatic heterocycles. The first kappa shape index (κ1) is 13.6. The Morgan fingerprint density at radius 2 is 1.67 bits per heavy atom. The number of sulfone groups is 1. The number of hydrogen-bond acceptors (Lipinski definition) is 3. The summed E-state index contributed by atoms with van der Waals surface area (Å²) < 4.78 is 22.5. The highest BCUT2D eigenvalue weighted by atomic mass is 32.2. The Labute approximate surface area is 109 Å². The molecule has 4 heteroatoms. The van der Waals surface area contributed by atoms with Gasteiger partial charge in [-0.25, -0.2) is 8.42 Å². The van der Waals surface area contributed by atoms with E-state index in [9.17, 15) is 8.42 Å². The maximum atomic E-state index is 11.2. The topological polar surface area (TPSA) is 60.2 Å². The molecule has 100 valence electrons. The van der Waals surface area contributed by atoms with Crippen LogP contribution in [0.4, 0.5) is 0 Å². The van der Waals surface area contributed by atoms with Crippen molar-refractivity contribution in [2.45, 2.75) is 43.4 Å².